The molecule has 0 aliphatic heterocycles. The predicted molar refractivity (Wildman–Crippen MR) is 130 cm³/mol. The lowest BCUT2D eigenvalue weighted by atomic mass is 9.85. The van der Waals surface area contributed by atoms with Crippen LogP contribution in [0, 0.1) is 5.82 Å². The fourth-order valence-corrected chi connectivity index (χ4v) is 4.61. The summed E-state index contributed by atoms with van der Waals surface area (Å²) >= 11 is 12.9. The van der Waals surface area contributed by atoms with Crippen LogP contribution >= 0.6 is 23.2 Å². The van der Waals surface area contributed by atoms with Gasteiger partial charge >= 0.3 is 0 Å². The van der Waals surface area contributed by atoms with Crippen LogP contribution in [-0.4, -0.2) is 35.8 Å². The lowest BCUT2D eigenvalue weighted by molar-refractivity contribution is -0.133. The highest BCUT2D eigenvalue weighted by Gasteiger charge is 2.40. The lowest BCUT2D eigenvalue weighted by Crippen LogP contribution is -2.42. The minimum Gasteiger partial charge on any atom is -0.372 e. The Morgan fingerprint density at radius 1 is 1.09 bits per heavy atom. The molecule has 3 N–H and O–H groups in total. The molecular formula is C24H17Cl2FN6O2. The summed E-state index contributed by atoms with van der Waals surface area (Å²) in [5, 5.41) is 24.8. The molecule has 5 aromatic rings. The molecule has 1 unspecified atom stereocenters. The SMILES string of the molecule is Cn1nnc(-c2c(Cl)c3cc(Cl)ccc3n2-c2ccc(C(O)(C(N)=O)c3ccccc3)c(F)c2)n1. The van der Waals surface area contributed by atoms with Gasteiger partial charge in [0.1, 0.15) is 11.5 Å². The van der Waals surface area contributed by atoms with Gasteiger partial charge in [-0.3, -0.25) is 4.79 Å². The summed E-state index contributed by atoms with van der Waals surface area (Å²) in [5.74, 6) is -1.74. The summed E-state index contributed by atoms with van der Waals surface area (Å²) < 4.78 is 17.3. The van der Waals surface area contributed by atoms with Gasteiger partial charge in [0.2, 0.25) is 5.82 Å². The molecule has 3 aromatic carbocycles. The highest BCUT2D eigenvalue weighted by Crippen LogP contribution is 2.40. The Balaban J connectivity index is 1.75. The quantitative estimate of drug-likeness (QED) is 0.371. The Labute approximate surface area is 208 Å². The van der Waals surface area contributed by atoms with Gasteiger partial charge in [-0.2, -0.15) is 4.80 Å². The first kappa shape index (κ1) is 23.0. The van der Waals surface area contributed by atoms with Crippen LogP contribution in [-0.2, 0) is 17.4 Å². The number of aliphatic hydroxyl groups is 1. The van der Waals surface area contributed by atoms with Crippen molar-refractivity contribution in [1.82, 2.24) is 24.8 Å². The Bertz CT molecular complexity index is 1600. The second-order valence-corrected chi connectivity index (χ2v) is 8.68. The number of aryl methyl sites for hydroxylation is 1. The third kappa shape index (κ3) is 3.65. The van der Waals surface area contributed by atoms with Gasteiger partial charge in [-0.1, -0.05) is 59.6 Å². The van der Waals surface area contributed by atoms with E-state index in [4.69, 9.17) is 28.9 Å². The van der Waals surface area contributed by atoms with Crippen LogP contribution in [0.2, 0.25) is 10.0 Å². The van der Waals surface area contributed by atoms with Crippen LogP contribution in [0.5, 0.6) is 0 Å². The van der Waals surface area contributed by atoms with E-state index < -0.39 is 17.3 Å². The molecule has 0 fully saturated rings. The number of carbonyl (C=O) groups is 1. The average Bonchev–Trinajstić information content (AvgIpc) is 3.39. The zero-order valence-electron chi connectivity index (χ0n) is 18.2. The molecule has 0 radical (unpaired) electrons. The van der Waals surface area contributed by atoms with E-state index in [9.17, 15) is 9.90 Å². The van der Waals surface area contributed by atoms with E-state index in [1.807, 2.05) is 0 Å². The molecule has 2 aromatic heterocycles. The zero-order valence-corrected chi connectivity index (χ0v) is 19.7. The third-order valence-corrected chi connectivity index (χ3v) is 6.35. The fourth-order valence-electron chi connectivity index (χ4n) is 4.12. The number of primary amides is 1. The minimum atomic E-state index is -2.37. The topological polar surface area (TPSA) is 112 Å². The van der Waals surface area contributed by atoms with Gasteiger partial charge in [-0.25, -0.2) is 4.39 Å². The average molecular weight is 511 g/mol. The summed E-state index contributed by atoms with van der Waals surface area (Å²) in [4.78, 5) is 13.6. The maximum Gasteiger partial charge on any atom is 0.258 e. The first-order valence-electron chi connectivity index (χ1n) is 10.3. The van der Waals surface area contributed by atoms with Gasteiger partial charge in [0.05, 0.1) is 17.6 Å². The van der Waals surface area contributed by atoms with Gasteiger partial charge in [-0.15, -0.1) is 10.2 Å². The molecule has 0 saturated carbocycles. The van der Waals surface area contributed by atoms with E-state index in [0.717, 1.165) is 0 Å². The van der Waals surface area contributed by atoms with Gasteiger partial charge in [0, 0.05) is 21.7 Å². The van der Waals surface area contributed by atoms with Crippen LogP contribution in [0.1, 0.15) is 11.1 Å². The fraction of sp³-hybridized carbons (Fsp3) is 0.0833. The molecule has 1 amide bonds. The maximum atomic E-state index is 15.6. The molecule has 0 bridgehead atoms. The molecule has 176 valence electrons. The van der Waals surface area contributed by atoms with E-state index >= 15 is 4.39 Å². The van der Waals surface area contributed by atoms with Gasteiger partial charge < -0.3 is 15.4 Å². The van der Waals surface area contributed by atoms with Crippen molar-refractivity contribution in [2.45, 2.75) is 5.60 Å². The number of hydrogen-bond acceptors (Lipinski definition) is 5. The number of carbonyl (C=O) groups excluding carboxylic acids is 1. The Morgan fingerprint density at radius 2 is 1.83 bits per heavy atom. The summed E-state index contributed by atoms with van der Waals surface area (Å²) in [6.45, 7) is 0. The van der Waals surface area contributed by atoms with Crippen LogP contribution < -0.4 is 5.73 Å². The van der Waals surface area contributed by atoms with E-state index in [2.05, 4.69) is 15.4 Å². The number of hydrogen-bond donors (Lipinski definition) is 2. The summed E-state index contributed by atoms with van der Waals surface area (Å²) in [7, 11) is 1.61. The summed E-state index contributed by atoms with van der Waals surface area (Å²) in [6, 6.07) is 17.1. The van der Waals surface area contributed by atoms with Gasteiger partial charge in [-0.05, 0) is 41.1 Å². The Morgan fingerprint density at radius 3 is 2.46 bits per heavy atom. The number of benzene rings is 3. The van der Waals surface area contributed by atoms with Crippen molar-refractivity contribution < 1.29 is 14.3 Å². The predicted octanol–water partition coefficient (Wildman–Crippen LogP) is 3.99. The van der Waals surface area contributed by atoms with Crippen LogP contribution in [0.25, 0.3) is 28.1 Å². The molecule has 0 spiro atoms. The smallest absolute Gasteiger partial charge is 0.258 e. The van der Waals surface area contributed by atoms with Crippen molar-refractivity contribution in [1.29, 1.82) is 0 Å². The third-order valence-electron chi connectivity index (χ3n) is 5.74. The second-order valence-electron chi connectivity index (χ2n) is 7.87. The molecule has 0 saturated heterocycles. The van der Waals surface area contributed by atoms with E-state index in [1.54, 1.807) is 54.1 Å². The molecule has 35 heavy (non-hydrogen) atoms. The number of fused-ring (bicyclic) bond motifs is 1. The number of tetrazole rings is 1. The number of aromatic nitrogens is 5. The lowest BCUT2D eigenvalue weighted by Gasteiger charge is -2.26. The minimum absolute atomic E-state index is 0.146. The largest absolute Gasteiger partial charge is 0.372 e. The molecule has 5 rings (SSSR count). The molecular weight excluding hydrogens is 494 g/mol. The molecule has 1 atom stereocenters. The van der Waals surface area contributed by atoms with Crippen molar-refractivity contribution in [3.8, 4) is 17.2 Å². The maximum absolute atomic E-state index is 15.6. The van der Waals surface area contributed by atoms with Crippen molar-refractivity contribution >= 4 is 40.0 Å². The van der Waals surface area contributed by atoms with Gasteiger partial charge in [0.25, 0.3) is 5.91 Å². The number of halogens is 3. The van der Waals surface area contributed by atoms with Crippen LogP contribution in [0.4, 0.5) is 4.39 Å². The van der Waals surface area contributed by atoms with E-state index in [0.29, 0.717) is 32.3 Å². The van der Waals surface area contributed by atoms with Crippen LogP contribution in [0.3, 0.4) is 0 Å². The Kier molecular flexibility index (Phi) is 5.55. The molecule has 2 heterocycles. The second kappa shape index (κ2) is 8.46. The zero-order chi connectivity index (χ0) is 24.9. The molecule has 11 heteroatoms. The molecule has 8 nitrogen and oxygen atoms in total. The van der Waals surface area contributed by atoms with Crippen molar-refractivity contribution in [2.24, 2.45) is 12.8 Å². The standard InChI is InChI=1S/C24H17Cl2FN6O2/c1-32-30-22(29-31-32)21-20(26)16-11-14(25)7-10-19(16)33(21)15-8-9-17(18(27)12-15)24(35,23(28)34)13-5-3-2-4-6-13/h2-12,35H,1H3,(H2,28,34). The molecule has 0 aliphatic rings. The van der Waals surface area contributed by atoms with Crippen LogP contribution in [0.15, 0.2) is 66.7 Å². The van der Waals surface area contributed by atoms with Gasteiger partial charge in [0.15, 0.2) is 5.60 Å². The highest BCUT2D eigenvalue weighted by molar-refractivity contribution is 6.39. The summed E-state index contributed by atoms with van der Waals surface area (Å²) in [6.07, 6.45) is 0. The normalized spacial score (nSPS) is 13.2. The monoisotopic (exact) mass is 510 g/mol. The van der Waals surface area contributed by atoms with Crippen molar-refractivity contribution in [2.75, 3.05) is 0 Å². The number of nitrogens with zero attached hydrogens (tertiary/aromatic N) is 5. The van der Waals surface area contributed by atoms with E-state index in [-0.39, 0.29) is 17.0 Å². The van der Waals surface area contributed by atoms with E-state index in [1.165, 1.54) is 29.1 Å². The molecule has 0 aliphatic carbocycles. The number of nitrogens with two attached hydrogens (primary N) is 1. The first-order valence-corrected chi connectivity index (χ1v) is 11.1. The number of amides is 1. The summed E-state index contributed by atoms with van der Waals surface area (Å²) in [5.41, 5.74) is 4.34. The van der Waals surface area contributed by atoms with Crippen molar-refractivity contribution in [3.63, 3.8) is 0 Å². The highest BCUT2D eigenvalue weighted by atomic mass is 35.5. The Hall–Kier alpha value is -3.79. The number of rotatable bonds is 5. The first-order chi connectivity index (χ1) is 16.7. The van der Waals surface area contributed by atoms with Crippen molar-refractivity contribution in [3.05, 3.63) is 93.7 Å².